The highest BCUT2D eigenvalue weighted by Crippen LogP contribution is 2.16. The minimum atomic E-state index is -1.08. The lowest BCUT2D eigenvalue weighted by atomic mass is 10.2. The quantitative estimate of drug-likeness (QED) is 0.734. The molecule has 0 aliphatic heterocycles. The summed E-state index contributed by atoms with van der Waals surface area (Å²) >= 11 is 0. The second-order valence-electron chi connectivity index (χ2n) is 3.68. The van der Waals surface area contributed by atoms with E-state index in [0.717, 1.165) is 5.56 Å². The number of hydrogen-bond donors (Lipinski definition) is 1. The molecule has 0 aliphatic carbocycles. The Morgan fingerprint density at radius 2 is 1.83 bits per heavy atom. The topological polar surface area (TPSA) is 80.4 Å². The predicted molar refractivity (Wildman–Crippen MR) is 63.2 cm³/mol. The van der Waals surface area contributed by atoms with E-state index in [-0.39, 0.29) is 5.69 Å². The highest BCUT2D eigenvalue weighted by atomic mass is 16.4. The second-order valence-corrected chi connectivity index (χ2v) is 3.68. The monoisotopic (exact) mass is 240 g/mol. The van der Waals surface area contributed by atoms with E-state index in [2.05, 4.69) is 15.3 Å². The maximum absolute atomic E-state index is 10.9. The lowest BCUT2D eigenvalue weighted by Crippen LogP contribution is -2.05. The number of carbonyl (C=O) groups is 1. The lowest BCUT2D eigenvalue weighted by Gasteiger charge is -1.99. The van der Waals surface area contributed by atoms with Crippen molar-refractivity contribution in [3.05, 3.63) is 48.2 Å². The third kappa shape index (κ3) is 1.60. The van der Waals surface area contributed by atoms with Crippen LogP contribution in [0.15, 0.2) is 42.5 Å². The Balaban J connectivity index is 2.24. The summed E-state index contributed by atoms with van der Waals surface area (Å²) in [4.78, 5) is 10.9. The Hall–Kier alpha value is -2.76. The summed E-state index contributed by atoms with van der Waals surface area (Å²) in [6.45, 7) is 0. The average molecular weight is 240 g/mol. The van der Waals surface area contributed by atoms with Gasteiger partial charge in [0.25, 0.3) is 0 Å². The van der Waals surface area contributed by atoms with E-state index < -0.39 is 5.97 Å². The number of hydrogen-bond acceptors (Lipinski definition) is 4. The number of nitrogens with zero attached hydrogens (tertiary/aromatic N) is 4. The number of benzene rings is 1. The van der Waals surface area contributed by atoms with Crippen LogP contribution < -0.4 is 0 Å². The molecule has 0 amide bonds. The van der Waals surface area contributed by atoms with Crippen molar-refractivity contribution in [2.24, 2.45) is 0 Å². The highest BCUT2D eigenvalue weighted by Gasteiger charge is 2.12. The van der Waals surface area contributed by atoms with Gasteiger partial charge < -0.3 is 5.11 Å². The van der Waals surface area contributed by atoms with Gasteiger partial charge in [0.05, 0.1) is 0 Å². The zero-order valence-electron chi connectivity index (χ0n) is 9.19. The Labute approximate surface area is 102 Å². The van der Waals surface area contributed by atoms with Gasteiger partial charge in [0.15, 0.2) is 17.2 Å². The molecule has 0 saturated heterocycles. The smallest absolute Gasteiger partial charge is 0.356 e. The summed E-state index contributed by atoms with van der Waals surface area (Å²) in [6, 6.07) is 12.4. The van der Waals surface area contributed by atoms with Gasteiger partial charge in [-0.25, -0.2) is 4.79 Å². The molecule has 88 valence electrons. The van der Waals surface area contributed by atoms with Crippen molar-refractivity contribution in [1.82, 2.24) is 19.8 Å². The van der Waals surface area contributed by atoms with Gasteiger partial charge in [-0.3, -0.25) is 0 Å². The Bertz CT molecular complexity index is 721. The molecule has 2 heterocycles. The first-order valence-electron chi connectivity index (χ1n) is 5.27. The fourth-order valence-electron chi connectivity index (χ4n) is 1.67. The maximum atomic E-state index is 10.9. The molecule has 0 aliphatic rings. The summed E-state index contributed by atoms with van der Waals surface area (Å²) in [5.74, 6) is -0.557. The molecule has 0 atom stereocenters. The first-order chi connectivity index (χ1) is 8.75. The number of rotatable bonds is 2. The van der Waals surface area contributed by atoms with Crippen molar-refractivity contribution >= 4 is 11.6 Å². The summed E-state index contributed by atoms with van der Waals surface area (Å²) < 4.78 is 1.43. The Kier molecular flexibility index (Phi) is 2.26. The summed E-state index contributed by atoms with van der Waals surface area (Å²) in [5.41, 5.74) is 1.30. The first kappa shape index (κ1) is 10.4. The molecule has 1 aromatic carbocycles. The van der Waals surface area contributed by atoms with Crippen LogP contribution in [-0.2, 0) is 0 Å². The summed E-state index contributed by atoms with van der Waals surface area (Å²) in [6.07, 6.45) is 0. The molecule has 0 spiro atoms. The van der Waals surface area contributed by atoms with Crippen molar-refractivity contribution in [3.8, 4) is 11.4 Å². The molecular formula is C12H8N4O2. The standard InChI is InChI=1S/C12H8N4O2/c17-12(18)9-6-7-10-13-14-11(16(10)15-9)8-4-2-1-3-5-8/h1-7H,(H,17,18). The van der Waals surface area contributed by atoms with Crippen molar-refractivity contribution in [2.75, 3.05) is 0 Å². The van der Waals surface area contributed by atoms with Gasteiger partial charge in [0.1, 0.15) is 0 Å². The van der Waals surface area contributed by atoms with E-state index in [9.17, 15) is 4.79 Å². The zero-order valence-corrected chi connectivity index (χ0v) is 9.19. The van der Waals surface area contributed by atoms with Gasteiger partial charge in [-0.15, -0.1) is 10.2 Å². The fourth-order valence-corrected chi connectivity index (χ4v) is 1.67. The number of aromatic carboxylic acids is 1. The average Bonchev–Trinajstić information content (AvgIpc) is 2.82. The number of carboxylic acid groups (broad SMARTS) is 1. The molecule has 0 saturated carbocycles. The lowest BCUT2D eigenvalue weighted by molar-refractivity contribution is 0.0689. The van der Waals surface area contributed by atoms with Crippen LogP contribution in [-0.4, -0.2) is 30.9 Å². The molecule has 0 bridgehead atoms. The van der Waals surface area contributed by atoms with Crippen LogP contribution >= 0.6 is 0 Å². The number of carboxylic acids is 1. The van der Waals surface area contributed by atoms with Crippen molar-refractivity contribution in [2.45, 2.75) is 0 Å². The molecule has 3 rings (SSSR count). The van der Waals surface area contributed by atoms with Crippen molar-refractivity contribution in [3.63, 3.8) is 0 Å². The Morgan fingerprint density at radius 3 is 2.56 bits per heavy atom. The fraction of sp³-hybridized carbons (Fsp3) is 0. The highest BCUT2D eigenvalue weighted by molar-refractivity contribution is 5.85. The van der Waals surface area contributed by atoms with Crippen LogP contribution in [0, 0.1) is 0 Å². The zero-order chi connectivity index (χ0) is 12.5. The van der Waals surface area contributed by atoms with E-state index in [4.69, 9.17) is 5.11 Å². The molecule has 6 heteroatoms. The van der Waals surface area contributed by atoms with Crippen LogP contribution in [0.5, 0.6) is 0 Å². The van der Waals surface area contributed by atoms with Gasteiger partial charge in [0, 0.05) is 5.56 Å². The maximum Gasteiger partial charge on any atom is 0.356 e. The van der Waals surface area contributed by atoms with E-state index >= 15 is 0 Å². The van der Waals surface area contributed by atoms with Crippen LogP contribution in [0.4, 0.5) is 0 Å². The van der Waals surface area contributed by atoms with Gasteiger partial charge in [0.2, 0.25) is 0 Å². The molecule has 0 radical (unpaired) electrons. The SMILES string of the molecule is O=C(O)c1ccc2nnc(-c3ccccc3)n2n1. The molecule has 0 fully saturated rings. The third-order valence-corrected chi connectivity index (χ3v) is 2.51. The van der Waals surface area contributed by atoms with E-state index in [1.807, 2.05) is 30.3 Å². The van der Waals surface area contributed by atoms with Gasteiger partial charge in [-0.1, -0.05) is 30.3 Å². The molecule has 2 aromatic heterocycles. The van der Waals surface area contributed by atoms with Gasteiger partial charge in [-0.2, -0.15) is 9.61 Å². The summed E-state index contributed by atoms with van der Waals surface area (Å²) in [5, 5.41) is 20.9. The molecule has 1 N–H and O–H groups in total. The molecule has 3 aromatic rings. The third-order valence-electron chi connectivity index (χ3n) is 2.51. The van der Waals surface area contributed by atoms with Crippen LogP contribution in [0.25, 0.3) is 17.0 Å². The van der Waals surface area contributed by atoms with Crippen molar-refractivity contribution < 1.29 is 9.90 Å². The van der Waals surface area contributed by atoms with Crippen LogP contribution in [0.1, 0.15) is 10.5 Å². The normalized spacial score (nSPS) is 10.7. The van der Waals surface area contributed by atoms with Gasteiger partial charge in [-0.05, 0) is 12.1 Å². The van der Waals surface area contributed by atoms with E-state index in [1.165, 1.54) is 10.6 Å². The number of fused-ring (bicyclic) bond motifs is 1. The number of aromatic nitrogens is 4. The van der Waals surface area contributed by atoms with Gasteiger partial charge >= 0.3 is 5.97 Å². The molecular weight excluding hydrogens is 232 g/mol. The van der Waals surface area contributed by atoms with E-state index in [0.29, 0.717) is 11.5 Å². The molecule has 6 nitrogen and oxygen atoms in total. The van der Waals surface area contributed by atoms with E-state index in [1.54, 1.807) is 6.07 Å². The minimum absolute atomic E-state index is 0.0421. The minimum Gasteiger partial charge on any atom is -0.476 e. The predicted octanol–water partition coefficient (Wildman–Crippen LogP) is 1.49. The molecule has 18 heavy (non-hydrogen) atoms. The Morgan fingerprint density at radius 1 is 1.06 bits per heavy atom. The largest absolute Gasteiger partial charge is 0.476 e. The summed E-state index contributed by atoms with van der Waals surface area (Å²) in [7, 11) is 0. The van der Waals surface area contributed by atoms with Crippen LogP contribution in [0.2, 0.25) is 0 Å². The van der Waals surface area contributed by atoms with Crippen LogP contribution in [0.3, 0.4) is 0 Å². The second kappa shape index (κ2) is 3.92. The molecule has 0 unspecified atom stereocenters. The van der Waals surface area contributed by atoms with Crippen molar-refractivity contribution in [1.29, 1.82) is 0 Å². The first-order valence-corrected chi connectivity index (χ1v) is 5.27.